The van der Waals surface area contributed by atoms with Crippen molar-refractivity contribution < 1.29 is 0 Å². The standard InChI is InChI=1S/C4H10N2.H4N2/c1-2-5-4-6-3-1;1-2/h5-6H,1-4H2;1-2H2. The molecule has 1 saturated heterocycles. The Balaban J connectivity index is 0.000000222. The minimum atomic E-state index is 1.00. The Hall–Kier alpha value is -0.160. The van der Waals surface area contributed by atoms with Gasteiger partial charge in [-0.1, -0.05) is 0 Å². The predicted molar refractivity (Wildman–Crippen MR) is 33.9 cm³/mol. The number of hydrogen-bond donors (Lipinski definition) is 4. The third-order valence-electron chi connectivity index (χ3n) is 0.957. The van der Waals surface area contributed by atoms with Gasteiger partial charge in [0, 0.05) is 6.67 Å². The van der Waals surface area contributed by atoms with Gasteiger partial charge in [-0.3, -0.25) is 11.7 Å². The van der Waals surface area contributed by atoms with Gasteiger partial charge in [0.15, 0.2) is 0 Å². The Kier molecular flexibility index (Phi) is 6.70. The lowest BCUT2D eigenvalue weighted by molar-refractivity contribution is 0.496. The first-order valence-corrected chi connectivity index (χ1v) is 2.75. The third-order valence-corrected chi connectivity index (χ3v) is 0.957. The zero-order valence-electron chi connectivity index (χ0n) is 4.98. The lowest BCUT2D eigenvalue weighted by atomic mass is 10.4. The van der Waals surface area contributed by atoms with Gasteiger partial charge in [0.1, 0.15) is 0 Å². The van der Waals surface area contributed by atoms with Crippen LogP contribution in [0.15, 0.2) is 0 Å². The zero-order valence-corrected chi connectivity index (χ0v) is 4.98. The molecule has 1 rings (SSSR count). The van der Waals surface area contributed by atoms with Gasteiger partial charge < -0.3 is 10.6 Å². The quantitative estimate of drug-likeness (QED) is 0.227. The molecule has 6 N–H and O–H groups in total. The molecular weight excluding hydrogens is 104 g/mol. The van der Waals surface area contributed by atoms with E-state index in [1.165, 1.54) is 19.5 Å². The molecule has 4 nitrogen and oxygen atoms in total. The summed E-state index contributed by atoms with van der Waals surface area (Å²) in [6, 6.07) is 0. The summed E-state index contributed by atoms with van der Waals surface area (Å²) >= 11 is 0. The SMILES string of the molecule is C1CNCNC1.NN. The van der Waals surface area contributed by atoms with E-state index in [9.17, 15) is 0 Å². The topological polar surface area (TPSA) is 76.1 Å². The lowest BCUT2D eigenvalue weighted by Gasteiger charge is -2.11. The summed E-state index contributed by atoms with van der Waals surface area (Å²) in [6.07, 6.45) is 1.28. The van der Waals surface area contributed by atoms with E-state index in [4.69, 9.17) is 0 Å². The Morgan fingerprint density at radius 1 is 1.00 bits per heavy atom. The average Bonchev–Trinajstić information content (AvgIpc) is 1.96. The summed E-state index contributed by atoms with van der Waals surface area (Å²) in [5, 5.41) is 6.35. The Morgan fingerprint density at radius 2 is 1.50 bits per heavy atom. The Bertz CT molecular complexity index is 23.5. The van der Waals surface area contributed by atoms with Crippen molar-refractivity contribution in [2.45, 2.75) is 6.42 Å². The van der Waals surface area contributed by atoms with Gasteiger partial charge in [-0.25, -0.2) is 0 Å². The summed E-state index contributed by atoms with van der Waals surface area (Å²) in [4.78, 5) is 0. The van der Waals surface area contributed by atoms with Gasteiger partial charge in [-0.2, -0.15) is 0 Å². The van der Waals surface area contributed by atoms with Crippen LogP contribution in [0.1, 0.15) is 6.42 Å². The van der Waals surface area contributed by atoms with E-state index in [1.54, 1.807) is 0 Å². The second-order valence-corrected chi connectivity index (χ2v) is 1.53. The van der Waals surface area contributed by atoms with Gasteiger partial charge in [-0.15, -0.1) is 0 Å². The van der Waals surface area contributed by atoms with Crippen LogP contribution in [-0.2, 0) is 0 Å². The second-order valence-electron chi connectivity index (χ2n) is 1.53. The van der Waals surface area contributed by atoms with Crippen molar-refractivity contribution in [1.82, 2.24) is 10.6 Å². The third kappa shape index (κ3) is 4.01. The van der Waals surface area contributed by atoms with Crippen LogP contribution in [0.5, 0.6) is 0 Å². The van der Waals surface area contributed by atoms with Crippen molar-refractivity contribution in [2.75, 3.05) is 19.8 Å². The van der Waals surface area contributed by atoms with Crippen molar-refractivity contribution >= 4 is 0 Å². The molecule has 4 heteroatoms. The average molecular weight is 118 g/mol. The van der Waals surface area contributed by atoms with Gasteiger partial charge in [0.05, 0.1) is 0 Å². The fourth-order valence-electron chi connectivity index (χ4n) is 0.604. The summed E-state index contributed by atoms with van der Waals surface area (Å²) < 4.78 is 0. The Labute approximate surface area is 49.6 Å². The van der Waals surface area contributed by atoms with Crippen LogP contribution < -0.4 is 22.3 Å². The Morgan fingerprint density at radius 3 is 1.62 bits per heavy atom. The first-order valence-electron chi connectivity index (χ1n) is 2.75. The van der Waals surface area contributed by atoms with Crippen LogP contribution >= 0.6 is 0 Å². The molecule has 0 aliphatic carbocycles. The molecule has 0 bridgehead atoms. The number of rotatable bonds is 0. The maximum Gasteiger partial charge on any atom is 0.0454 e. The molecule has 8 heavy (non-hydrogen) atoms. The maximum absolute atomic E-state index is 4.00. The maximum atomic E-state index is 4.00. The number of nitrogens with two attached hydrogens (primary N) is 2. The van der Waals surface area contributed by atoms with E-state index in [0.29, 0.717) is 0 Å². The monoisotopic (exact) mass is 118 g/mol. The molecule has 0 aromatic carbocycles. The zero-order chi connectivity index (χ0) is 6.24. The molecule has 1 heterocycles. The molecular formula is C4H14N4. The normalized spacial score (nSPS) is 18.8. The predicted octanol–water partition coefficient (Wildman–Crippen LogP) is -1.65. The van der Waals surface area contributed by atoms with Crippen LogP contribution in [0.3, 0.4) is 0 Å². The van der Waals surface area contributed by atoms with E-state index >= 15 is 0 Å². The summed E-state index contributed by atoms with van der Waals surface area (Å²) in [5.74, 6) is 8.00. The first kappa shape index (κ1) is 7.84. The minimum absolute atomic E-state index is 1.00. The molecule has 0 radical (unpaired) electrons. The van der Waals surface area contributed by atoms with Gasteiger partial charge in [0.25, 0.3) is 0 Å². The van der Waals surface area contributed by atoms with E-state index in [1.807, 2.05) is 0 Å². The molecule has 1 fully saturated rings. The molecule has 0 atom stereocenters. The molecule has 0 spiro atoms. The molecule has 0 aromatic rings. The smallest absolute Gasteiger partial charge is 0.0454 e. The van der Waals surface area contributed by atoms with Crippen molar-refractivity contribution in [1.29, 1.82) is 0 Å². The summed E-state index contributed by atoms with van der Waals surface area (Å²) in [6.45, 7) is 3.38. The fourth-order valence-corrected chi connectivity index (χ4v) is 0.604. The van der Waals surface area contributed by atoms with Crippen molar-refractivity contribution in [3.63, 3.8) is 0 Å². The van der Waals surface area contributed by atoms with Crippen molar-refractivity contribution in [3.8, 4) is 0 Å². The van der Waals surface area contributed by atoms with Crippen LogP contribution in [0.25, 0.3) is 0 Å². The van der Waals surface area contributed by atoms with Crippen LogP contribution in [0, 0.1) is 0 Å². The first-order chi connectivity index (χ1) is 4.00. The highest BCUT2D eigenvalue weighted by Crippen LogP contribution is 1.75. The molecule has 1 aliphatic rings. The van der Waals surface area contributed by atoms with Gasteiger partial charge in [0.2, 0.25) is 0 Å². The lowest BCUT2D eigenvalue weighted by Crippen LogP contribution is -2.37. The van der Waals surface area contributed by atoms with Crippen LogP contribution in [-0.4, -0.2) is 19.8 Å². The van der Waals surface area contributed by atoms with E-state index in [2.05, 4.69) is 22.3 Å². The largest absolute Gasteiger partial charge is 0.304 e. The molecule has 0 aromatic heterocycles. The fraction of sp³-hybridized carbons (Fsp3) is 1.00. The molecule has 1 aliphatic heterocycles. The minimum Gasteiger partial charge on any atom is -0.304 e. The van der Waals surface area contributed by atoms with E-state index < -0.39 is 0 Å². The van der Waals surface area contributed by atoms with Gasteiger partial charge in [-0.05, 0) is 19.5 Å². The van der Waals surface area contributed by atoms with Crippen molar-refractivity contribution in [2.24, 2.45) is 11.7 Å². The number of hydrogen-bond acceptors (Lipinski definition) is 4. The molecule has 0 unspecified atom stereocenters. The number of nitrogens with one attached hydrogen (secondary N) is 2. The molecule has 0 saturated carbocycles. The molecule has 50 valence electrons. The van der Waals surface area contributed by atoms with E-state index in [-0.39, 0.29) is 0 Å². The highest BCUT2D eigenvalue weighted by Gasteiger charge is 1.91. The highest BCUT2D eigenvalue weighted by atomic mass is 15.1. The van der Waals surface area contributed by atoms with Crippen LogP contribution in [0.2, 0.25) is 0 Å². The van der Waals surface area contributed by atoms with Crippen molar-refractivity contribution in [3.05, 3.63) is 0 Å². The van der Waals surface area contributed by atoms with Crippen LogP contribution in [0.4, 0.5) is 0 Å². The molecule has 0 amide bonds. The number of hydrazine groups is 1. The van der Waals surface area contributed by atoms with E-state index in [0.717, 1.165) is 6.67 Å². The highest BCUT2D eigenvalue weighted by molar-refractivity contribution is 4.54. The summed E-state index contributed by atoms with van der Waals surface area (Å²) in [5.41, 5.74) is 0. The summed E-state index contributed by atoms with van der Waals surface area (Å²) in [7, 11) is 0. The second kappa shape index (κ2) is 6.84. The van der Waals surface area contributed by atoms with Gasteiger partial charge >= 0.3 is 0 Å².